The Morgan fingerprint density at radius 1 is 1.35 bits per heavy atom. The van der Waals surface area contributed by atoms with Gasteiger partial charge in [0.1, 0.15) is 0 Å². The molecule has 0 heterocycles. The highest BCUT2D eigenvalue weighted by Crippen LogP contribution is 2.33. The van der Waals surface area contributed by atoms with Gasteiger partial charge in [-0.3, -0.25) is 4.79 Å². The number of rotatable bonds is 4. The molecule has 4 heteroatoms. The highest BCUT2D eigenvalue weighted by Gasteiger charge is 2.32. The fraction of sp³-hybridized carbons (Fsp3) is 0.562. The Morgan fingerprint density at radius 2 is 1.95 bits per heavy atom. The third-order valence-electron chi connectivity index (χ3n) is 4.30. The topological polar surface area (TPSA) is 49.3 Å². The number of hydrogen-bond donors (Lipinski definition) is 2. The molecule has 1 saturated carbocycles. The third kappa shape index (κ3) is 4.19. The zero-order chi connectivity index (χ0) is 14.6. The van der Waals surface area contributed by atoms with Crippen molar-refractivity contribution in [1.82, 2.24) is 5.32 Å². The summed E-state index contributed by atoms with van der Waals surface area (Å²) in [5.41, 5.74) is -0.0684. The fourth-order valence-corrected chi connectivity index (χ4v) is 3.11. The molecule has 0 bridgehead atoms. The van der Waals surface area contributed by atoms with E-state index in [-0.39, 0.29) is 5.91 Å². The molecule has 1 aliphatic rings. The van der Waals surface area contributed by atoms with Gasteiger partial charge in [0.25, 0.3) is 5.91 Å². The summed E-state index contributed by atoms with van der Waals surface area (Å²) in [5, 5.41) is 13.4. The lowest BCUT2D eigenvalue weighted by atomic mass is 9.78. The van der Waals surface area contributed by atoms with Crippen LogP contribution in [0.15, 0.2) is 24.3 Å². The van der Waals surface area contributed by atoms with Crippen LogP contribution in [0, 0.1) is 9.49 Å². The van der Waals surface area contributed by atoms with Gasteiger partial charge in [0.15, 0.2) is 0 Å². The van der Waals surface area contributed by atoms with E-state index in [4.69, 9.17) is 0 Å². The molecule has 20 heavy (non-hydrogen) atoms. The van der Waals surface area contributed by atoms with Crippen LogP contribution in [-0.2, 0) is 0 Å². The molecule has 1 aromatic carbocycles. The zero-order valence-electron chi connectivity index (χ0n) is 11.9. The second kappa shape index (κ2) is 6.89. The second-order valence-electron chi connectivity index (χ2n) is 5.77. The van der Waals surface area contributed by atoms with Crippen LogP contribution in [0.2, 0.25) is 0 Å². The molecule has 0 radical (unpaired) electrons. The number of halogens is 1. The van der Waals surface area contributed by atoms with Crippen LogP contribution in [0.25, 0.3) is 0 Å². The smallest absolute Gasteiger partial charge is 0.251 e. The number of aliphatic hydroxyl groups is 1. The predicted molar refractivity (Wildman–Crippen MR) is 88.7 cm³/mol. The van der Waals surface area contributed by atoms with Crippen LogP contribution in [0.3, 0.4) is 0 Å². The molecule has 0 atom stereocenters. The Labute approximate surface area is 134 Å². The fourth-order valence-electron chi connectivity index (χ4n) is 2.75. The van der Waals surface area contributed by atoms with E-state index in [0.29, 0.717) is 12.1 Å². The molecule has 0 unspecified atom stereocenters. The Balaban J connectivity index is 1.85. The Bertz CT molecular complexity index is 450. The van der Waals surface area contributed by atoms with E-state index in [1.807, 2.05) is 24.3 Å². The number of benzene rings is 1. The van der Waals surface area contributed by atoms with E-state index < -0.39 is 5.60 Å². The van der Waals surface area contributed by atoms with Crippen LogP contribution >= 0.6 is 22.6 Å². The summed E-state index contributed by atoms with van der Waals surface area (Å²) in [6.45, 7) is 2.56. The second-order valence-corrected chi connectivity index (χ2v) is 7.01. The molecule has 2 N–H and O–H groups in total. The van der Waals surface area contributed by atoms with Gasteiger partial charge in [0.2, 0.25) is 0 Å². The molecule has 1 aliphatic carbocycles. The summed E-state index contributed by atoms with van der Waals surface area (Å²) < 4.78 is 1.11. The van der Waals surface area contributed by atoms with E-state index in [0.717, 1.165) is 35.2 Å². The summed E-state index contributed by atoms with van der Waals surface area (Å²) in [7, 11) is 0. The average molecular weight is 387 g/mol. The van der Waals surface area contributed by atoms with Crippen LogP contribution in [0.4, 0.5) is 0 Å². The SMILES string of the molecule is CCC1CCC(O)(CNC(=O)c2ccc(I)cc2)CC1. The van der Waals surface area contributed by atoms with Gasteiger partial charge in [-0.15, -0.1) is 0 Å². The number of carbonyl (C=O) groups excluding carboxylic acids is 1. The van der Waals surface area contributed by atoms with E-state index >= 15 is 0 Å². The van der Waals surface area contributed by atoms with Crippen LogP contribution < -0.4 is 5.32 Å². The van der Waals surface area contributed by atoms with Gasteiger partial charge in [-0.25, -0.2) is 0 Å². The predicted octanol–water partition coefficient (Wildman–Crippen LogP) is 3.35. The van der Waals surface area contributed by atoms with Gasteiger partial charge in [-0.1, -0.05) is 13.3 Å². The lowest BCUT2D eigenvalue weighted by Gasteiger charge is -2.35. The first kappa shape index (κ1) is 15.8. The molecule has 0 spiro atoms. The van der Waals surface area contributed by atoms with Gasteiger partial charge in [-0.2, -0.15) is 0 Å². The van der Waals surface area contributed by atoms with Gasteiger partial charge in [-0.05, 0) is 78.5 Å². The number of amides is 1. The van der Waals surface area contributed by atoms with Gasteiger partial charge in [0, 0.05) is 15.7 Å². The highest BCUT2D eigenvalue weighted by atomic mass is 127. The molecule has 110 valence electrons. The summed E-state index contributed by atoms with van der Waals surface area (Å²) in [6.07, 6.45) is 4.89. The summed E-state index contributed by atoms with van der Waals surface area (Å²) in [6, 6.07) is 7.46. The zero-order valence-corrected chi connectivity index (χ0v) is 14.0. The maximum absolute atomic E-state index is 12.0. The van der Waals surface area contributed by atoms with E-state index in [1.54, 1.807) is 0 Å². The van der Waals surface area contributed by atoms with Crippen molar-refractivity contribution in [2.75, 3.05) is 6.54 Å². The first-order chi connectivity index (χ1) is 9.52. The summed E-state index contributed by atoms with van der Waals surface area (Å²) >= 11 is 2.21. The standard InChI is InChI=1S/C16H22INO2/c1-2-12-7-9-16(20,10-8-12)11-18-15(19)13-3-5-14(17)6-4-13/h3-6,12,20H,2,7-11H2,1H3,(H,18,19). The lowest BCUT2D eigenvalue weighted by Crippen LogP contribution is -2.45. The normalized spacial score (nSPS) is 26.2. The van der Waals surface area contributed by atoms with Gasteiger partial charge in [0.05, 0.1) is 5.60 Å². The van der Waals surface area contributed by atoms with Gasteiger partial charge >= 0.3 is 0 Å². The first-order valence-corrected chi connectivity index (χ1v) is 8.36. The van der Waals surface area contributed by atoms with Crippen molar-refractivity contribution in [3.05, 3.63) is 33.4 Å². The van der Waals surface area contributed by atoms with Crippen LogP contribution in [0.1, 0.15) is 49.4 Å². The van der Waals surface area contributed by atoms with E-state index in [9.17, 15) is 9.90 Å². The molecule has 1 amide bonds. The van der Waals surface area contributed by atoms with Crippen molar-refractivity contribution in [1.29, 1.82) is 0 Å². The largest absolute Gasteiger partial charge is 0.388 e. The van der Waals surface area contributed by atoms with Gasteiger partial charge < -0.3 is 10.4 Å². The van der Waals surface area contributed by atoms with Crippen molar-refractivity contribution in [3.8, 4) is 0 Å². The maximum atomic E-state index is 12.0. The number of nitrogens with one attached hydrogen (secondary N) is 1. The minimum Gasteiger partial charge on any atom is -0.388 e. The minimum absolute atomic E-state index is 0.104. The number of hydrogen-bond acceptors (Lipinski definition) is 2. The van der Waals surface area contributed by atoms with Crippen molar-refractivity contribution < 1.29 is 9.90 Å². The third-order valence-corrected chi connectivity index (χ3v) is 5.02. The van der Waals surface area contributed by atoms with E-state index in [2.05, 4.69) is 34.8 Å². The Kier molecular flexibility index (Phi) is 5.43. The molecule has 1 aromatic rings. The monoisotopic (exact) mass is 387 g/mol. The molecule has 1 fully saturated rings. The molecule has 2 rings (SSSR count). The molecular formula is C16H22INO2. The molecule has 3 nitrogen and oxygen atoms in total. The van der Waals surface area contributed by atoms with Crippen LogP contribution in [-0.4, -0.2) is 23.2 Å². The average Bonchev–Trinajstić information content (AvgIpc) is 2.46. The lowest BCUT2D eigenvalue weighted by molar-refractivity contribution is -0.00786. The Hall–Kier alpha value is -0.620. The van der Waals surface area contributed by atoms with Crippen molar-refractivity contribution in [2.45, 2.75) is 44.6 Å². The molecule has 0 aliphatic heterocycles. The highest BCUT2D eigenvalue weighted by molar-refractivity contribution is 14.1. The summed E-state index contributed by atoms with van der Waals surface area (Å²) in [5.74, 6) is 0.634. The molecular weight excluding hydrogens is 365 g/mol. The molecule has 0 aromatic heterocycles. The first-order valence-electron chi connectivity index (χ1n) is 7.28. The Morgan fingerprint density at radius 3 is 2.50 bits per heavy atom. The molecule has 0 saturated heterocycles. The van der Waals surface area contributed by atoms with E-state index in [1.165, 1.54) is 6.42 Å². The quantitative estimate of drug-likeness (QED) is 0.779. The maximum Gasteiger partial charge on any atom is 0.251 e. The summed E-state index contributed by atoms with van der Waals surface area (Å²) in [4.78, 5) is 12.0. The van der Waals surface area contributed by atoms with Crippen molar-refractivity contribution in [2.24, 2.45) is 5.92 Å². The van der Waals surface area contributed by atoms with Crippen molar-refractivity contribution >= 4 is 28.5 Å². The van der Waals surface area contributed by atoms with Crippen LogP contribution in [0.5, 0.6) is 0 Å². The minimum atomic E-state index is -0.718. The number of carbonyl (C=O) groups is 1. The van der Waals surface area contributed by atoms with Crippen molar-refractivity contribution in [3.63, 3.8) is 0 Å².